The monoisotopic (exact) mass is 207 g/mol. The Morgan fingerprint density at radius 2 is 1.73 bits per heavy atom. The molecule has 0 bridgehead atoms. The van der Waals surface area contributed by atoms with Gasteiger partial charge in [-0.05, 0) is 31.4 Å². The van der Waals surface area contributed by atoms with Crippen molar-refractivity contribution in [3.05, 3.63) is 23.3 Å². The summed E-state index contributed by atoms with van der Waals surface area (Å²) in [5, 5.41) is 0. The van der Waals surface area contributed by atoms with E-state index in [1.54, 1.807) is 14.2 Å². The standard InChI is InChI=1S/C12H17NO2/c1-14-11-5-6-12(15-2)10-7-8(13)3-4-9(10)11/h5-6,8H,3-4,7,13H2,1-2H3/t8-/m1/s1. The zero-order chi connectivity index (χ0) is 10.8. The van der Waals surface area contributed by atoms with Crippen molar-refractivity contribution in [1.82, 2.24) is 0 Å². The summed E-state index contributed by atoms with van der Waals surface area (Å²) in [4.78, 5) is 0. The summed E-state index contributed by atoms with van der Waals surface area (Å²) in [6.45, 7) is 0. The second-order valence-corrected chi connectivity index (χ2v) is 3.93. The molecule has 0 radical (unpaired) electrons. The lowest BCUT2D eigenvalue weighted by molar-refractivity contribution is 0.385. The minimum absolute atomic E-state index is 0.249. The summed E-state index contributed by atoms with van der Waals surface area (Å²) in [6.07, 6.45) is 2.89. The fourth-order valence-corrected chi connectivity index (χ4v) is 2.22. The normalized spacial score (nSPS) is 19.5. The fraction of sp³-hybridized carbons (Fsp3) is 0.500. The van der Waals surface area contributed by atoms with E-state index < -0.39 is 0 Å². The molecule has 1 aromatic carbocycles. The second kappa shape index (κ2) is 4.11. The van der Waals surface area contributed by atoms with Gasteiger partial charge in [-0.15, -0.1) is 0 Å². The Balaban J connectivity index is 2.48. The van der Waals surface area contributed by atoms with Crippen LogP contribution in [0.4, 0.5) is 0 Å². The van der Waals surface area contributed by atoms with Crippen LogP contribution in [0.15, 0.2) is 12.1 Å². The van der Waals surface area contributed by atoms with E-state index in [4.69, 9.17) is 15.2 Å². The Morgan fingerprint density at radius 3 is 2.33 bits per heavy atom. The van der Waals surface area contributed by atoms with Gasteiger partial charge in [-0.1, -0.05) is 0 Å². The van der Waals surface area contributed by atoms with Gasteiger partial charge in [-0.3, -0.25) is 0 Å². The number of hydrogen-bond donors (Lipinski definition) is 1. The highest BCUT2D eigenvalue weighted by Gasteiger charge is 2.22. The summed E-state index contributed by atoms with van der Waals surface area (Å²) in [7, 11) is 3.40. The first-order chi connectivity index (χ1) is 7.26. The van der Waals surface area contributed by atoms with Gasteiger partial charge in [0, 0.05) is 17.2 Å². The maximum absolute atomic E-state index is 5.97. The van der Waals surface area contributed by atoms with E-state index in [1.165, 1.54) is 11.1 Å². The summed E-state index contributed by atoms with van der Waals surface area (Å²) < 4.78 is 10.7. The molecule has 0 saturated carbocycles. The fourth-order valence-electron chi connectivity index (χ4n) is 2.22. The van der Waals surface area contributed by atoms with Gasteiger partial charge < -0.3 is 15.2 Å². The van der Waals surface area contributed by atoms with Crippen LogP contribution in [0.5, 0.6) is 11.5 Å². The Hall–Kier alpha value is -1.22. The van der Waals surface area contributed by atoms with Gasteiger partial charge in [0.25, 0.3) is 0 Å². The van der Waals surface area contributed by atoms with Gasteiger partial charge >= 0.3 is 0 Å². The Bertz CT molecular complexity index is 363. The summed E-state index contributed by atoms with van der Waals surface area (Å²) >= 11 is 0. The van der Waals surface area contributed by atoms with Crippen LogP contribution in [0, 0.1) is 0 Å². The van der Waals surface area contributed by atoms with Crippen molar-refractivity contribution in [2.24, 2.45) is 5.73 Å². The summed E-state index contributed by atoms with van der Waals surface area (Å²) in [5.74, 6) is 1.89. The van der Waals surface area contributed by atoms with Crippen molar-refractivity contribution < 1.29 is 9.47 Å². The van der Waals surface area contributed by atoms with Crippen molar-refractivity contribution in [3.8, 4) is 11.5 Å². The van der Waals surface area contributed by atoms with Crippen LogP contribution in [0.25, 0.3) is 0 Å². The van der Waals surface area contributed by atoms with Crippen LogP contribution >= 0.6 is 0 Å². The molecule has 1 aromatic rings. The molecule has 3 nitrogen and oxygen atoms in total. The molecule has 82 valence electrons. The number of hydrogen-bond acceptors (Lipinski definition) is 3. The molecule has 3 heteroatoms. The van der Waals surface area contributed by atoms with E-state index in [0.717, 1.165) is 30.8 Å². The minimum Gasteiger partial charge on any atom is -0.496 e. The average molecular weight is 207 g/mol. The third-order valence-electron chi connectivity index (χ3n) is 3.02. The third-order valence-corrected chi connectivity index (χ3v) is 3.02. The molecule has 0 unspecified atom stereocenters. The van der Waals surface area contributed by atoms with Gasteiger partial charge in [-0.2, -0.15) is 0 Å². The van der Waals surface area contributed by atoms with Gasteiger partial charge in [0.05, 0.1) is 14.2 Å². The lowest BCUT2D eigenvalue weighted by Gasteiger charge is -2.25. The molecule has 0 spiro atoms. The van der Waals surface area contributed by atoms with Crippen LogP contribution in [0.3, 0.4) is 0 Å². The molecule has 2 N–H and O–H groups in total. The van der Waals surface area contributed by atoms with Crippen molar-refractivity contribution >= 4 is 0 Å². The molecule has 1 aliphatic rings. The highest BCUT2D eigenvalue weighted by atomic mass is 16.5. The molecule has 0 aromatic heterocycles. The Labute approximate surface area is 90.2 Å². The molecule has 1 atom stereocenters. The largest absolute Gasteiger partial charge is 0.496 e. The third kappa shape index (κ3) is 1.79. The number of benzene rings is 1. The van der Waals surface area contributed by atoms with Crippen LogP contribution in [-0.4, -0.2) is 20.3 Å². The van der Waals surface area contributed by atoms with E-state index >= 15 is 0 Å². The van der Waals surface area contributed by atoms with Crippen LogP contribution < -0.4 is 15.2 Å². The highest BCUT2D eigenvalue weighted by Crippen LogP contribution is 2.35. The molecular formula is C12H17NO2. The van der Waals surface area contributed by atoms with E-state index in [-0.39, 0.29) is 6.04 Å². The predicted molar refractivity (Wildman–Crippen MR) is 59.5 cm³/mol. The Morgan fingerprint density at radius 1 is 1.13 bits per heavy atom. The van der Waals surface area contributed by atoms with Crippen molar-refractivity contribution in [1.29, 1.82) is 0 Å². The van der Waals surface area contributed by atoms with Crippen molar-refractivity contribution in [2.45, 2.75) is 25.3 Å². The van der Waals surface area contributed by atoms with Crippen LogP contribution in [-0.2, 0) is 12.8 Å². The topological polar surface area (TPSA) is 44.5 Å². The molecule has 0 heterocycles. The van der Waals surface area contributed by atoms with Gasteiger partial charge in [0.1, 0.15) is 11.5 Å². The van der Waals surface area contributed by atoms with E-state index in [2.05, 4.69) is 0 Å². The maximum Gasteiger partial charge on any atom is 0.122 e. The van der Waals surface area contributed by atoms with E-state index in [0.29, 0.717) is 0 Å². The van der Waals surface area contributed by atoms with Crippen LogP contribution in [0.2, 0.25) is 0 Å². The summed E-state index contributed by atoms with van der Waals surface area (Å²) in [6, 6.07) is 4.17. The second-order valence-electron chi connectivity index (χ2n) is 3.93. The number of ether oxygens (including phenoxy) is 2. The summed E-state index contributed by atoms with van der Waals surface area (Å²) in [5.41, 5.74) is 8.45. The maximum atomic E-state index is 5.97. The first-order valence-corrected chi connectivity index (χ1v) is 5.24. The molecule has 0 aliphatic heterocycles. The quantitative estimate of drug-likeness (QED) is 0.799. The number of fused-ring (bicyclic) bond motifs is 1. The van der Waals surface area contributed by atoms with E-state index in [9.17, 15) is 0 Å². The molecule has 0 saturated heterocycles. The minimum atomic E-state index is 0.249. The van der Waals surface area contributed by atoms with Gasteiger partial charge in [0.2, 0.25) is 0 Å². The molecular weight excluding hydrogens is 190 g/mol. The SMILES string of the molecule is COc1ccc(OC)c2c1CC[C@@H](N)C2. The molecule has 1 aliphatic carbocycles. The molecule has 15 heavy (non-hydrogen) atoms. The van der Waals surface area contributed by atoms with Gasteiger partial charge in [0.15, 0.2) is 0 Å². The molecule has 0 amide bonds. The van der Waals surface area contributed by atoms with Crippen LogP contribution in [0.1, 0.15) is 17.5 Å². The highest BCUT2D eigenvalue weighted by molar-refractivity contribution is 5.50. The first-order valence-electron chi connectivity index (χ1n) is 5.24. The first kappa shape index (κ1) is 10.3. The molecule has 0 fully saturated rings. The number of nitrogens with two attached hydrogens (primary N) is 1. The number of methoxy groups -OCH3 is 2. The zero-order valence-corrected chi connectivity index (χ0v) is 9.25. The smallest absolute Gasteiger partial charge is 0.122 e. The van der Waals surface area contributed by atoms with Gasteiger partial charge in [-0.25, -0.2) is 0 Å². The number of rotatable bonds is 2. The lowest BCUT2D eigenvalue weighted by atomic mass is 9.87. The predicted octanol–water partition coefficient (Wildman–Crippen LogP) is 1.52. The lowest BCUT2D eigenvalue weighted by Crippen LogP contribution is -2.28. The molecule has 2 rings (SSSR count). The zero-order valence-electron chi connectivity index (χ0n) is 9.25. The Kier molecular flexibility index (Phi) is 2.82. The van der Waals surface area contributed by atoms with Crippen molar-refractivity contribution in [3.63, 3.8) is 0 Å². The van der Waals surface area contributed by atoms with E-state index in [1.807, 2.05) is 12.1 Å². The average Bonchev–Trinajstić information content (AvgIpc) is 2.27. The van der Waals surface area contributed by atoms with Crippen molar-refractivity contribution in [2.75, 3.05) is 14.2 Å².